The fraction of sp³-hybridized carbons (Fsp3) is 0.565. The molecule has 0 unspecified atom stereocenters. The van der Waals surface area contributed by atoms with E-state index in [2.05, 4.69) is 19.2 Å². The normalized spacial score (nSPS) is 15.3. The predicted octanol–water partition coefficient (Wildman–Crippen LogP) is 4.13. The third-order valence-corrected chi connectivity index (χ3v) is 5.59. The lowest BCUT2D eigenvalue weighted by Gasteiger charge is -2.19. The number of hydrogen-bond acceptors (Lipinski definition) is 4. The lowest BCUT2D eigenvalue weighted by atomic mass is 10.0. The number of ether oxygens (including phenoxy) is 2. The second-order valence-electron chi connectivity index (χ2n) is 8.31. The number of methoxy groups -OCH3 is 2. The van der Waals surface area contributed by atoms with Crippen molar-refractivity contribution in [3.63, 3.8) is 0 Å². The molecular weight excluding hydrogens is 368 g/mol. The van der Waals surface area contributed by atoms with Gasteiger partial charge in [0.2, 0.25) is 0 Å². The largest absolute Gasteiger partial charge is 0.493 e. The van der Waals surface area contributed by atoms with Crippen molar-refractivity contribution in [1.29, 1.82) is 0 Å². The highest BCUT2D eigenvalue weighted by molar-refractivity contribution is 6.07. The third kappa shape index (κ3) is 4.74. The summed E-state index contributed by atoms with van der Waals surface area (Å²) in [5, 5.41) is 4.27. The highest BCUT2D eigenvalue weighted by atomic mass is 16.5. The second-order valence-corrected chi connectivity index (χ2v) is 8.31. The highest BCUT2D eigenvalue weighted by Crippen LogP contribution is 2.32. The molecule has 0 radical (unpaired) electrons. The van der Waals surface area contributed by atoms with Gasteiger partial charge >= 0.3 is 0 Å². The van der Waals surface area contributed by atoms with Gasteiger partial charge in [-0.25, -0.2) is 0 Å². The van der Waals surface area contributed by atoms with Crippen LogP contribution in [0.3, 0.4) is 0 Å². The summed E-state index contributed by atoms with van der Waals surface area (Å²) in [6.07, 6.45) is 8.45. The van der Waals surface area contributed by atoms with Gasteiger partial charge in [-0.2, -0.15) is 0 Å². The van der Waals surface area contributed by atoms with Crippen LogP contribution >= 0.6 is 0 Å². The van der Waals surface area contributed by atoms with E-state index >= 15 is 0 Å². The first-order valence-corrected chi connectivity index (χ1v) is 10.5. The molecule has 1 aliphatic carbocycles. The van der Waals surface area contributed by atoms with E-state index in [0.717, 1.165) is 25.7 Å². The molecule has 6 heteroatoms. The Kier molecular flexibility index (Phi) is 6.83. The molecule has 0 atom stereocenters. The number of nitrogens with zero attached hydrogens (tertiary/aromatic N) is 1. The van der Waals surface area contributed by atoms with Gasteiger partial charge in [0.1, 0.15) is 0 Å². The molecule has 3 rings (SSSR count). The van der Waals surface area contributed by atoms with E-state index in [0.29, 0.717) is 34.4 Å². The van der Waals surface area contributed by atoms with Crippen molar-refractivity contribution in [3.05, 3.63) is 34.2 Å². The first kappa shape index (κ1) is 21.2. The Morgan fingerprint density at radius 1 is 1.07 bits per heavy atom. The SMILES string of the molecule is COc1cc2c(C(=O)NC3CCCCCC3)cn(CC(C)C)c(=O)c2cc1OC. The summed E-state index contributed by atoms with van der Waals surface area (Å²) in [4.78, 5) is 26.3. The molecule has 0 aliphatic heterocycles. The summed E-state index contributed by atoms with van der Waals surface area (Å²) in [7, 11) is 3.09. The minimum absolute atomic E-state index is 0.124. The number of benzene rings is 1. The Morgan fingerprint density at radius 3 is 2.21 bits per heavy atom. The van der Waals surface area contributed by atoms with Gasteiger partial charge in [0, 0.05) is 24.2 Å². The molecule has 6 nitrogen and oxygen atoms in total. The molecule has 1 aliphatic rings. The topological polar surface area (TPSA) is 69.6 Å². The molecule has 1 aromatic heterocycles. The maximum atomic E-state index is 13.2. The van der Waals surface area contributed by atoms with E-state index in [1.807, 2.05) is 0 Å². The van der Waals surface area contributed by atoms with Crippen LogP contribution < -0.4 is 20.3 Å². The first-order valence-electron chi connectivity index (χ1n) is 10.5. The van der Waals surface area contributed by atoms with Crippen molar-refractivity contribution in [2.24, 2.45) is 5.92 Å². The van der Waals surface area contributed by atoms with Crippen LogP contribution in [0, 0.1) is 5.92 Å². The summed E-state index contributed by atoms with van der Waals surface area (Å²) in [5.74, 6) is 1.13. The lowest BCUT2D eigenvalue weighted by molar-refractivity contribution is 0.0934. The third-order valence-electron chi connectivity index (χ3n) is 5.59. The van der Waals surface area contributed by atoms with Crippen LogP contribution in [-0.2, 0) is 6.54 Å². The molecular formula is C23H32N2O4. The van der Waals surface area contributed by atoms with E-state index in [1.54, 1.807) is 37.1 Å². The van der Waals surface area contributed by atoms with Gasteiger partial charge < -0.3 is 19.4 Å². The predicted molar refractivity (Wildman–Crippen MR) is 115 cm³/mol. The van der Waals surface area contributed by atoms with Gasteiger partial charge in [-0.3, -0.25) is 9.59 Å². The Balaban J connectivity index is 2.10. The Morgan fingerprint density at radius 2 is 1.66 bits per heavy atom. The van der Waals surface area contributed by atoms with Crippen LogP contribution in [0.4, 0.5) is 0 Å². The number of pyridine rings is 1. The Hall–Kier alpha value is -2.50. The summed E-state index contributed by atoms with van der Waals surface area (Å²) in [6.45, 7) is 4.65. The molecule has 1 saturated carbocycles. The molecule has 0 saturated heterocycles. The average molecular weight is 401 g/mol. The van der Waals surface area contributed by atoms with Crippen LogP contribution in [0.2, 0.25) is 0 Å². The number of carbonyl (C=O) groups is 1. The Labute approximate surface area is 172 Å². The van der Waals surface area contributed by atoms with E-state index in [4.69, 9.17) is 9.47 Å². The molecule has 1 amide bonds. The highest BCUT2D eigenvalue weighted by Gasteiger charge is 2.21. The summed E-state index contributed by atoms with van der Waals surface area (Å²) >= 11 is 0. The van der Waals surface area contributed by atoms with Crippen molar-refractivity contribution >= 4 is 16.7 Å². The van der Waals surface area contributed by atoms with Crippen LogP contribution in [-0.4, -0.2) is 30.7 Å². The number of amides is 1. The number of rotatable bonds is 6. The average Bonchev–Trinajstić information content (AvgIpc) is 2.97. The Bertz CT molecular complexity index is 925. The van der Waals surface area contributed by atoms with Crippen molar-refractivity contribution in [2.45, 2.75) is 65.0 Å². The van der Waals surface area contributed by atoms with Gasteiger partial charge in [0.25, 0.3) is 11.5 Å². The fourth-order valence-electron chi connectivity index (χ4n) is 4.11. The van der Waals surface area contributed by atoms with Gasteiger partial charge in [-0.15, -0.1) is 0 Å². The molecule has 2 aromatic rings. The number of fused-ring (bicyclic) bond motifs is 1. The van der Waals surface area contributed by atoms with Crippen LogP contribution in [0.25, 0.3) is 10.8 Å². The van der Waals surface area contributed by atoms with Crippen molar-refractivity contribution in [2.75, 3.05) is 14.2 Å². The van der Waals surface area contributed by atoms with Crippen molar-refractivity contribution in [3.8, 4) is 11.5 Å². The number of carbonyl (C=O) groups excluding carboxylic acids is 1. The van der Waals surface area contributed by atoms with Crippen LogP contribution in [0.1, 0.15) is 62.7 Å². The zero-order valence-electron chi connectivity index (χ0n) is 17.9. The monoisotopic (exact) mass is 400 g/mol. The van der Waals surface area contributed by atoms with Crippen molar-refractivity contribution in [1.82, 2.24) is 9.88 Å². The van der Waals surface area contributed by atoms with Gasteiger partial charge in [-0.1, -0.05) is 39.5 Å². The molecule has 1 heterocycles. The van der Waals surface area contributed by atoms with E-state index < -0.39 is 0 Å². The van der Waals surface area contributed by atoms with Gasteiger partial charge in [-0.05, 0) is 30.9 Å². The minimum atomic E-state index is -0.133. The minimum Gasteiger partial charge on any atom is -0.493 e. The molecule has 0 bridgehead atoms. The maximum absolute atomic E-state index is 13.2. The lowest BCUT2D eigenvalue weighted by Crippen LogP contribution is -2.35. The zero-order valence-corrected chi connectivity index (χ0v) is 17.9. The standard InChI is InChI=1S/C23H32N2O4/c1-15(2)13-25-14-19(22(26)24-16-9-7-5-6-8-10-16)17-11-20(28-3)21(29-4)12-18(17)23(25)27/h11-12,14-16H,5-10,13H2,1-4H3,(H,24,26). The quantitative estimate of drug-likeness (QED) is 0.741. The molecule has 0 spiro atoms. The molecule has 158 valence electrons. The summed E-state index contributed by atoms with van der Waals surface area (Å²) in [5.41, 5.74) is 0.381. The summed E-state index contributed by atoms with van der Waals surface area (Å²) in [6, 6.07) is 3.60. The zero-order chi connectivity index (χ0) is 21.0. The molecule has 29 heavy (non-hydrogen) atoms. The molecule has 1 aromatic carbocycles. The van der Waals surface area contributed by atoms with Crippen LogP contribution in [0.5, 0.6) is 11.5 Å². The fourth-order valence-corrected chi connectivity index (χ4v) is 4.11. The van der Waals surface area contributed by atoms with E-state index in [-0.39, 0.29) is 23.4 Å². The van der Waals surface area contributed by atoms with Crippen molar-refractivity contribution < 1.29 is 14.3 Å². The molecule has 1 fully saturated rings. The smallest absolute Gasteiger partial charge is 0.258 e. The van der Waals surface area contributed by atoms with Gasteiger partial charge in [0.05, 0.1) is 25.2 Å². The van der Waals surface area contributed by atoms with Gasteiger partial charge in [0.15, 0.2) is 11.5 Å². The number of nitrogens with one attached hydrogen (secondary N) is 1. The number of aromatic nitrogens is 1. The second kappa shape index (κ2) is 9.33. The van der Waals surface area contributed by atoms with E-state index in [1.165, 1.54) is 12.8 Å². The van der Waals surface area contributed by atoms with Crippen LogP contribution in [0.15, 0.2) is 23.1 Å². The maximum Gasteiger partial charge on any atom is 0.258 e. The molecule has 1 N–H and O–H groups in total. The summed E-state index contributed by atoms with van der Waals surface area (Å²) < 4.78 is 12.4. The first-order chi connectivity index (χ1) is 13.9. The number of hydrogen-bond donors (Lipinski definition) is 1. The van der Waals surface area contributed by atoms with E-state index in [9.17, 15) is 9.59 Å².